The van der Waals surface area contributed by atoms with E-state index in [0.717, 1.165) is 28.5 Å². The molecule has 4 rings (SSSR count). The van der Waals surface area contributed by atoms with Crippen LogP contribution in [0, 0.1) is 5.82 Å². The van der Waals surface area contributed by atoms with Crippen LogP contribution in [0.1, 0.15) is 70.8 Å². The predicted octanol–water partition coefficient (Wildman–Crippen LogP) is 5.73. The van der Waals surface area contributed by atoms with E-state index in [1.54, 1.807) is 31.5 Å². The van der Waals surface area contributed by atoms with E-state index >= 15 is 0 Å². The van der Waals surface area contributed by atoms with Gasteiger partial charge in [-0.25, -0.2) is 9.18 Å². The molecule has 7 heteroatoms. The number of hydrogen-bond acceptors (Lipinski definition) is 5. The molecule has 180 valence electrons. The largest absolute Gasteiger partial charge is 0.462 e. The normalized spacial score (nSPS) is 11.2. The average molecular weight is 474 g/mol. The lowest BCUT2D eigenvalue weighted by Crippen LogP contribution is -2.11. The van der Waals surface area contributed by atoms with Gasteiger partial charge in [0.2, 0.25) is 0 Å². The van der Waals surface area contributed by atoms with Crippen molar-refractivity contribution in [3.8, 4) is 0 Å². The standard InChI is InChI=1S/C28H28FN3O3/c1-4-35-28(34)20-9-10-23-24(14-20)32(17-22-7-5-6-12-31-22)27(18(2)3)26(23)25(33)11-8-19-13-21(29)16-30-15-19/h5-7,9-10,12-16,18H,4,8,11,17H2,1-3H3. The molecule has 1 aromatic carbocycles. The van der Waals surface area contributed by atoms with E-state index in [-0.39, 0.29) is 24.7 Å². The van der Waals surface area contributed by atoms with E-state index in [0.29, 0.717) is 29.7 Å². The molecule has 6 nitrogen and oxygen atoms in total. The first-order valence-electron chi connectivity index (χ1n) is 11.7. The van der Waals surface area contributed by atoms with Crippen LogP contribution in [0.15, 0.2) is 61.1 Å². The third kappa shape index (κ3) is 5.29. The van der Waals surface area contributed by atoms with Crippen molar-refractivity contribution in [2.45, 2.75) is 46.1 Å². The number of aryl methyl sites for hydroxylation is 1. The molecular formula is C28H28FN3O3. The quantitative estimate of drug-likeness (QED) is 0.229. The highest BCUT2D eigenvalue weighted by Gasteiger charge is 2.25. The highest BCUT2D eigenvalue weighted by atomic mass is 19.1. The number of Topliss-reactive ketones (excluding diaryl/α,β-unsaturated/α-hetero) is 1. The molecular weight excluding hydrogens is 445 g/mol. The summed E-state index contributed by atoms with van der Waals surface area (Å²) in [4.78, 5) is 34.4. The van der Waals surface area contributed by atoms with Crippen LogP contribution in [-0.2, 0) is 17.7 Å². The van der Waals surface area contributed by atoms with Crippen molar-refractivity contribution in [3.63, 3.8) is 0 Å². The maximum Gasteiger partial charge on any atom is 0.338 e. The molecule has 0 aliphatic heterocycles. The van der Waals surface area contributed by atoms with Gasteiger partial charge < -0.3 is 9.30 Å². The molecule has 0 spiro atoms. The Labute approximate surface area is 203 Å². The highest BCUT2D eigenvalue weighted by molar-refractivity contribution is 6.11. The number of fused-ring (bicyclic) bond motifs is 1. The molecule has 3 heterocycles. The van der Waals surface area contributed by atoms with E-state index in [4.69, 9.17) is 4.74 Å². The van der Waals surface area contributed by atoms with Crippen molar-refractivity contribution in [2.75, 3.05) is 6.61 Å². The Morgan fingerprint density at radius 3 is 2.63 bits per heavy atom. The zero-order chi connectivity index (χ0) is 24.9. The van der Waals surface area contributed by atoms with Crippen molar-refractivity contribution in [3.05, 3.63) is 95.0 Å². The Kier molecular flexibility index (Phi) is 7.34. The summed E-state index contributed by atoms with van der Waals surface area (Å²) in [6.07, 6.45) is 5.06. The monoisotopic (exact) mass is 473 g/mol. The summed E-state index contributed by atoms with van der Waals surface area (Å²) >= 11 is 0. The van der Waals surface area contributed by atoms with Gasteiger partial charge in [0, 0.05) is 35.5 Å². The van der Waals surface area contributed by atoms with Gasteiger partial charge in [-0.15, -0.1) is 0 Å². The molecule has 0 amide bonds. The molecule has 0 saturated carbocycles. The van der Waals surface area contributed by atoms with Gasteiger partial charge in [0.05, 0.1) is 36.1 Å². The van der Waals surface area contributed by atoms with Crippen LogP contribution < -0.4 is 0 Å². The molecule has 0 aliphatic rings. The SMILES string of the molecule is CCOC(=O)c1ccc2c(C(=O)CCc3cncc(F)c3)c(C(C)C)n(Cc3ccccn3)c2c1. The first-order chi connectivity index (χ1) is 16.9. The number of benzene rings is 1. The van der Waals surface area contributed by atoms with Crippen LogP contribution in [-0.4, -0.2) is 32.9 Å². The van der Waals surface area contributed by atoms with Gasteiger partial charge in [0.15, 0.2) is 5.78 Å². The molecule has 4 aromatic rings. The Hall–Kier alpha value is -3.87. The molecule has 0 N–H and O–H groups in total. The van der Waals surface area contributed by atoms with Gasteiger partial charge in [0.25, 0.3) is 0 Å². The number of esters is 1. The van der Waals surface area contributed by atoms with Gasteiger partial charge in [-0.1, -0.05) is 26.0 Å². The number of rotatable bonds is 9. The molecule has 0 unspecified atom stereocenters. The van der Waals surface area contributed by atoms with Crippen LogP contribution in [0.3, 0.4) is 0 Å². The average Bonchev–Trinajstić information content (AvgIpc) is 3.17. The Morgan fingerprint density at radius 2 is 1.94 bits per heavy atom. The van der Waals surface area contributed by atoms with Crippen LogP contribution in [0.5, 0.6) is 0 Å². The molecule has 0 saturated heterocycles. The van der Waals surface area contributed by atoms with Gasteiger partial charge >= 0.3 is 5.97 Å². The lowest BCUT2D eigenvalue weighted by atomic mass is 9.96. The molecule has 0 radical (unpaired) electrons. The topological polar surface area (TPSA) is 74.1 Å². The van der Waals surface area contributed by atoms with Crippen molar-refractivity contribution in [1.29, 1.82) is 0 Å². The molecule has 0 fully saturated rings. The van der Waals surface area contributed by atoms with Crippen molar-refractivity contribution < 1.29 is 18.7 Å². The Balaban J connectivity index is 1.82. The summed E-state index contributed by atoms with van der Waals surface area (Å²) in [6, 6.07) is 12.4. The third-order valence-electron chi connectivity index (χ3n) is 5.89. The van der Waals surface area contributed by atoms with E-state index in [9.17, 15) is 14.0 Å². The summed E-state index contributed by atoms with van der Waals surface area (Å²) in [7, 11) is 0. The second-order valence-corrected chi connectivity index (χ2v) is 8.71. The van der Waals surface area contributed by atoms with Gasteiger partial charge in [-0.3, -0.25) is 14.8 Å². The van der Waals surface area contributed by atoms with E-state index in [2.05, 4.69) is 14.5 Å². The number of ether oxygens (including phenoxy) is 1. The fraction of sp³-hybridized carbons (Fsp3) is 0.286. The second kappa shape index (κ2) is 10.6. The number of halogens is 1. The summed E-state index contributed by atoms with van der Waals surface area (Å²) in [5.41, 5.74) is 4.24. The summed E-state index contributed by atoms with van der Waals surface area (Å²) < 4.78 is 20.8. The lowest BCUT2D eigenvalue weighted by Gasteiger charge is -2.15. The van der Waals surface area contributed by atoms with Crippen molar-refractivity contribution in [1.82, 2.24) is 14.5 Å². The zero-order valence-electron chi connectivity index (χ0n) is 20.1. The van der Waals surface area contributed by atoms with Crippen LogP contribution in [0.2, 0.25) is 0 Å². The molecule has 0 aliphatic carbocycles. The minimum atomic E-state index is -0.420. The molecule has 3 aromatic heterocycles. The highest BCUT2D eigenvalue weighted by Crippen LogP contribution is 2.34. The van der Waals surface area contributed by atoms with E-state index in [1.807, 2.05) is 38.1 Å². The van der Waals surface area contributed by atoms with Crippen LogP contribution >= 0.6 is 0 Å². The summed E-state index contributed by atoms with van der Waals surface area (Å²) in [6.45, 7) is 6.59. The number of aromatic nitrogens is 3. The van der Waals surface area contributed by atoms with Crippen LogP contribution in [0.25, 0.3) is 10.9 Å². The van der Waals surface area contributed by atoms with E-state index < -0.39 is 11.8 Å². The number of carbonyl (C=O) groups excluding carboxylic acids is 2. The van der Waals surface area contributed by atoms with Gasteiger partial charge in [-0.05, 0) is 55.2 Å². The third-order valence-corrected chi connectivity index (χ3v) is 5.89. The zero-order valence-corrected chi connectivity index (χ0v) is 20.1. The number of ketones is 1. The minimum absolute atomic E-state index is 0.0342. The molecule has 0 atom stereocenters. The maximum absolute atomic E-state index is 13.6. The fourth-order valence-electron chi connectivity index (χ4n) is 4.40. The Bertz CT molecular complexity index is 1360. The number of carbonyl (C=O) groups is 2. The number of pyridine rings is 2. The van der Waals surface area contributed by atoms with Crippen molar-refractivity contribution in [2.24, 2.45) is 0 Å². The second-order valence-electron chi connectivity index (χ2n) is 8.71. The summed E-state index contributed by atoms with van der Waals surface area (Å²) in [5, 5.41) is 0.778. The summed E-state index contributed by atoms with van der Waals surface area (Å²) in [5.74, 6) is -0.826. The molecule has 35 heavy (non-hydrogen) atoms. The number of nitrogens with zero attached hydrogens (tertiary/aromatic N) is 3. The first-order valence-corrected chi connectivity index (χ1v) is 11.7. The van der Waals surface area contributed by atoms with Gasteiger partial charge in [-0.2, -0.15) is 0 Å². The maximum atomic E-state index is 13.6. The molecule has 0 bridgehead atoms. The fourth-order valence-corrected chi connectivity index (χ4v) is 4.40. The lowest BCUT2D eigenvalue weighted by molar-refractivity contribution is 0.0526. The van der Waals surface area contributed by atoms with Gasteiger partial charge in [0.1, 0.15) is 5.82 Å². The predicted molar refractivity (Wildman–Crippen MR) is 132 cm³/mol. The number of hydrogen-bond donors (Lipinski definition) is 0. The minimum Gasteiger partial charge on any atom is -0.462 e. The van der Waals surface area contributed by atoms with Crippen LogP contribution in [0.4, 0.5) is 4.39 Å². The Morgan fingerprint density at radius 1 is 1.11 bits per heavy atom. The smallest absolute Gasteiger partial charge is 0.338 e. The van der Waals surface area contributed by atoms with Crippen molar-refractivity contribution >= 4 is 22.7 Å². The first kappa shape index (κ1) is 24.3. The van der Waals surface area contributed by atoms with E-state index in [1.165, 1.54) is 6.07 Å².